The van der Waals surface area contributed by atoms with E-state index in [9.17, 15) is 4.79 Å². The Bertz CT molecular complexity index is 497. The molecule has 4 nitrogen and oxygen atoms in total. The molecule has 2 aromatic rings. The summed E-state index contributed by atoms with van der Waals surface area (Å²) < 4.78 is 5.38. The number of carbonyl (C=O) groups excluding carboxylic acids is 1. The number of nitrogens with zero attached hydrogens (tertiary/aromatic N) is 2. The molecule has 0 unspecified atom stereocenters. The van der Waals surface area contributed by atoms with Gasteiger partial charge in [-0.3, -0.25) is 0 Å². The van der Waals surface area contributed by atoms with E-state index in [2.05, 4.69) is 14.7 Å². The number of carbonyl (C=O) groups is 1. The summed E-state index contributed by atoms with van der Waals surface area (Å²) in [4.78, 5) is 19.1. The van der Waals surface area contributed by atoms with E-state index >= 15 is 0 Å². The predicted octanol–water partition coefficient (Wildman–Crippen LogP) is 2.13. The van der Waals surface area contributed by atoms with Crippen LogP contribution < -0.4 is 0 Å². The van der Waals surface area contributed by atoms with Crippen LogP contribution in [0.4, 0.5) is 0 Å². The van der Waals surface area contributed by atoms with Crippen LogP contribution in [0.5, 0.6) is 0 Å². The molecule has 0 aliphatic heterocycles. The Morgan fingerprint density at radius 3 is 3.07 bits per heavy atom. The minimum atomic E-state index is -0.456. The number of halogens is 1. The number of hydrogen-bond donors (Lipinski definition) is 0. The van der Waals surface area contributed by atoms with Crippen molar-refractivity contribution in [3.8, 4) is 0 Å². The second-order valence-electron chi connectivity index (χ2n) is 2.46. The maximum atomic E-state index is 11.2. The van der Waals surface area contributed by atoms with Crippen LogP contribution in [-0.2, 0) is 4.74 Å². The summed E-state index contributed by atoms with van der Waals surface area (Å²) in [7, 11) is 1.31. The second-order valence-corrected chi connectivity index (χ2v) is 3.85. The van der Waals surface area contributed by atoms with E-state index in [0.717, 1.165) is 4.70 Å². The Balaban J connectivity index is 2.62. The highest BCUT2D eigenvalue weighted by atomic mass is 35.5. The molecular weight excluding hydrogens is 224 g/mol. The highest BCUT2D eigenvalue weighted by molar-refractivity contribution is 7.20. The number of methoxy groups -OCH3 is 1. The number of pyridine rings is 1. The zero-order valence-corrected chi connectivity index (χ0v) is 8.72. The van der Waals surface area contributed by atoms with Crippen LogP contribution in [-0.4, -0.2) is 23.0 Å². The number of thiazole rings is 1. The fourth-order valence-corrected chi connectivity index (χ4v) is 2.14. The lowest BCUT2D eigenvalue weighted by molar-refractivity contribution is 0.0600. The summed E-state index contributed by atoms with van der Waals surface area (Å²) >= 11 is 7.03. The molecule has 2 aromatic heterocycles. The molecule has 0 atom stereocenters. The molecule has 0 amide bonds. The lowest BCUT2D eigenvalue weighted by Crippen LogP contribution is -1.99. The first kappa shape index (κ1) is 9.36. The predicted molar refractivity (Wildman–Crippen MR) is 53.8 cm³/mol. The van der Waals surface area contributed by atoms with Gasteiger partial charge >= 0.3 is 5.97 Å². The highest BCUT2D eigenvalue weighted by Crippen LogP contribution is 2.26. The number of fused-ring (bicyclic) bond motifs is 1. The average Bonchev–Trinajstić information content (AvgIpc) is 2.62. The zero-order chi connectivity index (χ0) is 10.1. The standard InChI is InChI=1S/C8H5ClN2O2S/c1-13-8(12)7-11-5-4(14-7)2-3-10-6(5)9/h2-3H,1H3. The maximum absolute atomic E-state index is 11.2. The highest BCUT2D eigenvalue weighted by Gasteiger charge is 2.13. The normalized spacial score (nSPS) is 10.4. The topological polar surface area (TPSA) is 52.1 Å². The van der Waals surface area contributed by atoms with Crippen LogP contribution in [0.3, 0.4) is 0 Å². The number of hydrogen-bond acceptors (Lipinski definition) is 5. The monoisotopic (exact) mass is 228 g/mol. The van der Waals surface area contributed by atoms with E-state index in [-0.39, 0.29) is 5.01 Å². The van der Waals surface area contributed by atoms with Crippen LogP contribution in [0.25, 0.3) is 10.2 Å². The number of ether oxygens (including phenoxy) is 1. The van der Waals surface area contributed by atoms with Crippen molar-refractivity contribution in [3.05, 3.63) is 22.4 Å². The van der Waals surface area contributed by atoms with Crippen molar-refractivity contribution in [2.45, 2.75) is 0 Å². The first-order chi connectivity index (χ1) is 6.72. The molecule has 72 valence electrons. The molecule has 0 spiro atoms. The summed E-state index contributed by atoms with van der Waals surface area (Å²) in [5, 5.41) is 0.589. The van der Waals surface area contributed by atoms with E-state index in [4.69, 9.17) is 11.6 Å². The van der Waals surface area contributed by atoms with Gasteiger partial charge in [-0.1, -0.05) is 11.6 Å². The molecule has 0 saturated heterocycles. The third-order valence-corrected chi connectivity index (χ3v) is 2.90. The smallest absolute Gasteiger partial charge is 0.367 e. The molecule has 0 saturated carbocycles. The molecule has 0 fully saturated rings. The van der Waals surface area contributed by atoms with Crippen molar-refractivity contribution in [3.63, 3.8) is 0 Å². The van der Waals surface area contributed by atoms with Gasteiger partial charge < -0.3 is 4.74 Å². The SMILES string of the molecule is COC(=O)c1nc2c(Cl)nccc2s1. The van der Waals surface area contributed by atoms with Crippen molar-refractivity contribution in [1.82, 2.24) is 9.97 Å². The maximum Gasteiger partial charge on any atom is 0.367 e. The first-order valence-electron chi connectivity index (χ1n) is 3.71. The van der Waals surface area contributed by atoms with Gasteiger partial charge in [0.25, 0.3) is 0 Å². The van der Waals surface area contributed by atoms with Gasteiger partial charge in [-0.2, -0.15) is 0 Å². The summed E-state index contributed by atoms with van der Waals surface area (Å²) in [5.41, 5.74) is 0.541. The fourth-order valence-electron chi connectivity index (χ4n) is 0.999. The minimum absolute atomic E-state index is 0.289. The molecule has 0 bridgehead atoms. The Morgan fingerprint density at radius 2 is 2.43 bits per heavy atom. The molecule has 0 N–H and O–H groups in total. The lowest BCUT2D eigenvalue weighted by atomic mass is 10.4. The molecule has 6 heteroatoms. The van der Waals surface area contributed by atoms with E-state index in [0.29, 0.717) is 10.7 Å². The molecule has 0 aliphatic rings. The summed E-state index contributed by atoms with van der Waals surface area (Å²) in [5.74, 6) is -0.456. The summed E-state index contributed by atoms with van der Waals surface area (Å²) in [6.45, 7) is 0. The molecular formula is C8H5ClN2O2S. The fraction of sp³-hybridized carbons (Fsp3) is 0.125. The quantitative estimate of drug-likeness (QED) is 0.554. The van der Waals surface area contributed by atoms with Crippen molar-refractivity contribution in [2.75, 3.05) is 7.11 Å². The number of aromatic nitrogens is 2. The summed E-state index contributed by atoms with van der Waals surface area (Å²) in [6, 6.07) is 1.76. The largest absolute Gasteiger partial charge is 0.464 e. The van der Waals surface area contributed by atoms with E-state index in [1.165, 1.54) is 18.4 Å². The van der Waals surface area contributed by atoms with Crippen LogP contribution >= 0.6 is 22.9 Å². The van der Waals surface area contributed by atoms with Gasteiger partial charge in [-0.25, -0.2) is 14.8 Å². The van der Waals surface area contributed by atoms with Crippen LogP contribution in [0.15, 0.2) is 12.3 Å². The molecule has 2 rings (SSSR count). The van der Waals surface area contributed by atoms with Gasteiger partial charge in [0, 0.05) is 6.20 Å². The molecule has 14 heavy (non-hydrogen) atoms. The minimum Gasteiger partial charge on any atom is -0.464 e. The van der Waals surface area contributed by atoms with Crippen LogP contribution in [0.2, 0.25) is 5.15 Å². The Morgan fingerprint density at radius 1 is 1.64 bits per heavy atom. The Kier molecular flexibility index (Phi) is 2.35. The van der Waals surface area contributed by atoms with Crippen molar-refractivity contribution >= 4 is 39.1 Å². The summed E-state index contributed by atoms with van der Waals surface area (Å²) in [6.07, 6.45) is 1.57. The third kappa shape index (κ3) is 1.44. The Labute approximate surface area is 88.5 Å². The Hall–Kier alpha value is -1.20. The average molecular weight is 229 g/mol. The van der Waals surface area contributed by atoms with Gasteiger partial charge in [0.05, 0.1) is 11.8 Å². The second kappa shape index (κ2) is 3.51. The van der Waals surface area contributed by atoms with Gasteiger partial charge in [0.2, 0.25) is 5.01 Å². The first-order valence-corrected chi connectivity index (χ1v) is 4.91. The van der Waals surface area contributed by atoms with Crippen molar-refractivity contribution in [1.29, 1.82) is 0 Å². The molecule has 0 aliphatic carbocycles. The van der Waals surface area contributed by atoms with E-state index in [1.807, 2.05) is 0 Å². The van der Waals surface area contributed by atoms with Gasteiger partial charge in [-0.05, 0) is 6.07 Å². The van der Waals surface area contributed by atoms with Gasteiger partial charge in [0.1, 0.15) is 5.52 Å². The number of esters is 1. The van der Waals surface area contributed by atoms with Crippen LogP contribution in [0.1, 0.15) is 9.80 Å². The zero-order valence-electron chi connectivity index (χ0n) is 7.15. The van der Waals surface area contributed by atoms with Gasteiger partial charge in [-0.15, -0.1) is 11.3 Å². The van der Waals surface area contributed by atoms with E-state index < -0.39 is 5.97 Å². The van der Waals surface area contributed by atoms with Gasteiger partial charge in [0.15, 0.2) is 5.15 Å². The van der Waals surface area contributed by atoms with Crippen molar-refractivity contribution < 1.29 is 9.53 Å². The van der Waals surface area contributed by atoms with Crippen molar-refractivity contribution in [2.24, 2.45) is 0 Å². The van der Waals surface area contributed by atoms with E-state index in [1.54, 1.807) is 12.3 Å². The third-order valence-electron chi connectivity index (χ3n) is 1.62. The number of rotatable bonds is 1. The molecule has 0 aromatic carbocycles. The molecule has 0 radical (unpaired) electrons. The van der Waals surface area contributed by atoms with Crippen LogP contribution in [0, 0.1) is 0 Å². The molecule has 2 heterocycles. The lowest BCUT2D eigenvalue weighted by Gasteiger charge is -1.89.